The van der Waals surface area contributed by atoms with E-state index in [0.717, 1.165) is 5.57 Å². The fourth-order valence-corrected chi connectivity index (χ4v) is 6.16. The second-order valence-corrected chi connectivity index (χ2v) is 10.8. The van der Waals surface area contributed by atoms with Crippen molar-refractivity contribution in [1.29, 1.82) is 0 Å². The van der Waals surface area contributed by atoms with Crippen LogP contribution in [-0.2, 0) is 9.59 Å². The molecule has 0 aromatic carbocycles. The molecule has 2 aliphatic rings. The van der Waals surface area contributed by atoms with Gasteiger partial charge in [0.2, 0.25) is 5.91 Å². The van der Waals surface area contributed by atoms with Crippen molar-refractivity contribution in [2.24, 2.45) is 5.41 Å². The highest BCUT2D eigenvalue weighted by Crippen LogP contribution is 2.62. The maximum absolute atomic E-state index is 13.1. The summed E-state index contributed by atoms with van der Waals surface area (Å²) in [7, 11) is 0. The van der Waals surface area contributed by atoms with Crippen LogP contribution in [0.5, 0.6) is 0 Å². The van der Waals surface area contributed by atoms with E-state index < -0.39 is 13.9 Å². The highest BCUT2D eigenvalue weighted by atomic mass is 79.9. The molecule has 0 spiro atoms. The molecule has 5 heteroatoms. The van der Waals surface area contributed by atoms with Crippen LogP contribution in [0, 0.1) is 5.41 Å². The van der Waals surface area contributed by atoms with Gasteiger partial charge in [0.1, 0.15) is 4.87 Å². The van der Waals surface area contributed by atoms with Crippen molar-refractivity contribution in [2.45, 2.75) is 55.5 Å². The van der Waals surface area contributed by atoms with E-state index in [9.17, 15) is 9.59 Å². The van der Waals surface area contributed by atoms with Gasteiger partial charge in [0.15, 0.2) is 5.78 Å². The van der Waals surface area contributed by atoms with Crippen LogP contribution in [0.3, 0.4) is 0 Å². The smallest absolute Gasteiger partial charge is 0.231 e. The zero-order valence-electron chi connectivity index (χ0n) is 14.2. The van der Waals surface area contributed by atoms with Gasteiger partial charge in [0.25, 0.3) is 0 Å². The van der Waals surface area contributed by atoms with E-state index in [4.69, 9.17) is 0 Å². The van der Waals surface area contributed by atoms with Crippen LogP contribution in [0.1, 0.15) is 47.0 Å². The second kappa shape index (κ2) is 5.92. The number of nitrogens with zero attached hydrogens (tertiary/aromatic N) is 1. The van der Waals surface area contributed by atoms with E-state index in [1.54, 1.807) is 16.7 Å². The van der Waals surface area contributed by atoms with Gasteiger partial charge in [-0.2, -0.15) is 0 Å². The Balaban J connectivity index is 2.65. The van der Waals surface area contributed by atoms with Crippen LogP contribution in [0.2, 0.25) is 0 Å². The number of amides is 1. The second-order valence-electron chi connectivity index (χ2n) is 7.22. The van der Waals surface area contributed by atoms with Gasteiger partial charge in [-0.3, -0.25) is 14.5 Å². The third-order valence-electron chi connectivity index (χ3n) is 4.34. The first-order valence-electron chi connectivity index (χ1n) is 7.72. The topological polar surface area (TPSA) is 37.4 Å². The summed E-state index contributed by atoms with van der Waals surface area (Å²) < 4.78 is -0.412. The fourth-order valence-electron chi connectivity index (χ4n) is 3.10. The van der Waals surface area contributed by atoms with E-state index >= 15 is 0 Å². The lowest BCUT2D eigenvalue weighted by Crippen LogP contribution is -2.66. The lowest BCUT2D eigenvalue weighted by Gasteiger charge is -2.59. The SMILES string of the molecule is C=CCC1(Br)S[C@]2(CC=C)CC(=O)N2C(C(=O)C(C)(C)C)=C1C. The number of thioether (sulfide) groups is 1. The predicted molar refractivity (Wildman–Crippen MR) is 100 cm³/mol. The minimum atomic E-state index is -0.545. The van der Waals surface area contributed by atoms with Crippen molar-refractivity contribution in [3.8, 4) is 0 Å². The molecule has 0 bridgehead atoms. The molecule has 1 unspecified atom stereocenters. The summed E-state index contributed by atoms with van der Waals surface area (Å²) in [5.41, 5.74) is 0.902. The van der Waals surface area contributed by atoms with Crippen LogP contribution >= 0.6 is 27.7 Å². The Morgan fingerprint density at radius 3 is 2.35 bits per heavy atom. The summed E-state index contributed by atoms with van der Waals surface area (Å²) in [6.07, 6.45) is 5.45. The molecule has 3 nitrogen and oxygen atoms in total. The molecule has 2 rings (SSSR count). The average Bonchev–Trinajstić information content (AvgIpc) is 2.41. The van der Waals surface area contributed by atoms with E-state index in [2.05, 4.69) is 29.1 Å². The summed E-state index contributed by atoms with van der Waals surface area (Å²) in [6, 6.07) is 0. The predicted octanol–water partition coefficient (Wildman–Crippen LogP) is 4.79. The minimum absolute atomic E-state index is 0.00433. The first-order chi connectivity index (χ1) is 10.5. The number of ketones is 1. The molecular weight excluding hydrogens is 374 g/mol. The maximum atomic E-state index is 13.1. The first-order valence-corrected chi connectivity index (χ1v) is 9.33. The minimum Gasteiger partial charge on any atom is -0.293 e. The number of carbonyl (C=O) groups excluding carboxylic acids is 2. The third-order valence-corrected chi connectivity index (χ3v) is 7.42. The monoisotopic (exact) mass is 397 g/mol. The Morgan fingerprint density at radius 2 is 1.91 bits per heavy atom. The lowest BCUT2D eigenvalue weighted by molar-refractivity contribution is -0.148. The molecule has 0 aromatic rings. The van der Waals surface area contributed by atoms with Crippen molar-refractivity contribution >= 4 is 39.4 Å². The quantitative estimate of drug-likeness (QED) is 0.380. The highest BCUT2D eigenvalue weighted by Gasteiger charge is 2.61. The van der Waals surface area contributed by atoms with Gasteiger partial charge in [0.05, 0.1) is 15.8 Å². The van der Waals surface area contributed by atoms with Crippen molar-refractivity contribution < 1.29 is 9.59 Å². The Hall–Kier alpha value is -0.810. The maximum Gasteiger partial charge on any atom is 0.231 e. The summed E-state index contributed by atoms with van der Waals surface area (Å²) in [6.45, 7) is 15.3. The number of hydrogen-bond acceptors (Lipinski definition) is 3. The normalized spacial score (nSPS) is 30.7. The molecule has 126 valence electrons. The Labute approximate surface area is 151 Å². The van der Waals surface area contributed by atoms with Crippen LogP contribution in [-0.4, -0.2) is 25.1 Å². The zero-order valence-corrected chi connectivity index (χ0v) is 16.6. The van der Waals surface area contributed by atoms with Gasteiger partial charge in [0, 0.05) is 5.41 Å². The molecule has 1 fully saturated rings. The van der Waals surface area contributed by atoms with Crippen LogP contribution < -0.4 is 0 Å². The molecule has 23 heavy (non-hydrogen) atoms. The molecule has 1 amide bonds. The van der Waals surface area contributed by atoms with Gasteiger partial charge in [-0.15, -0.1) is 24.9 Å². The largest absolute Gasteiger partial charge is 0.293 e. The lowest BCUT2D eigenvalue weighted by atomic mass is 9.83. The number of alkyl halides is 1. The number of hydrogen-bond donors (Lipinski definition) is 0. The molecule has 0 N–H and O–H groups in total. The standard InChI is InChI=1S/C18H24BrNO2S/c1-7-9-17-11-13(21)20(17)14(15(22)16(4,5)6)12(3)18(19,23-17)10-8-2/h7-8H,1-2,9-11H2,3-6H3/t17-,18?/m1/s1. The Kier molecular flexibility index (Phi) is 4.77. The van der Waals surface area contributed by atoms with Crippen LogP contribution in [0.4, 0.5) is 0 Å². The fraction of sp³-hybridized carbons (Fsp3) is 0.556. The van der Waals surface area contributed by atoms with E-state index in [1.165, 1.54) is 0 Å². The highest BCUT2D eigenvalue weighted by molar-refractivity contribution is 9.12. The number of β-lactam (4-membered cyclic amide) rings is 1. The van der Waals surface area contributed by atoms with Crippen molar-refractivity contribution in [2.75, 3.05) is 0 Å². The molecule has 1 saturated heterocycles. The van der Waals surface area contributed by atoms with Crippen LogP contribution in [0.25, 0.3) is 0 Å². The number of fused-ring (bicyclic) bond motifs is 1. The van der Waals surface area contributed by atoms with E-state index in [-0.39, 0.29) is 11.7 Å². The average molecular weight is 398 g/mol. The molecule has 0 saturated carbocycles. The van der Waals surface area contributed by atoms with Crippen LogP contribution in [0.15, 0.2) is 36.6 Å². The number of Topliss-reactive ketones (excluding diaryl/α,β-unsaturated/α-hetero) is 1. The summed E-state index contributed by atoms with van der Waals surface area (Å²) in [4.78, 5) is 26.7. The number of halogens is 1. The van der Waals surface area contributed by atoms with Gasteiger partial charge < -0.3 is 0 Å². The molecule has 0 radical (unpaired) electrons. The number of rotatable bonds is 5. The van der Waals surface area contributed by atoms with Crippen molar-refractivity contribution in [3.05, 3.63) is 36.6 Å². The van der Waals surface area contributed by atoms with Gasteiger partial charge in [-0.25, -0.2) is 0 Å². The molecule has 2 aliphatic heterocycles. The first kappa shape index (κ1) is 18.5. The van der Waals surface area contributed by atoms with Crippen molar-refractivity contribution in [1.82, 2.24) is 4.90 Å². The summed E-state index contributed by atoms with van der Waals surface area (Å²) in [5, 5.41) is 0. The Bertz CT molecular complexity index is 615. The zero-order chi connectivity index (χ0) is 17.6. The molecule has 0 aromatic heterocycles. The van der Waals surface area contributed by atoms with Gasteiger partial charge in [-0.05, 0) is 25.3 Å². The number of allylic oxidation sites excluding steroid dienone is 2. The molecular formula is C18H24BrNO2S. The molecule has 2 heterocycles. The summed E-state index contributed by atoms with van der Waals surface area (Å²) in [5.74, 6) is 0.0177. The van der Waals surface area contributed by atoms with E-state index in [0.29, 0.717) is 25.0 Å². The van der Waals surface area contributed by atoms with Crippen molar-refractivity contribution in [3.63, 3.8) is 0 Å². The van der Waals surface area contributed by atoms with Gasteiger partial charge in [-0.1, -0.05) is 48.9 Å². The molecule has 2 atom stereocenters. The third kappa shape index (κ3) is 2.86. The Morgan fingerprint density at radius 1 is 1.35 bits per heavy atom. The molecule has 0 aliphatic carbocycles. The van der Waals surface area contributed by atoms with E-state index in [1.807, 2.05) is 39.8 Å². The number of carbonyl (C=O) groups is 2. The summed E-state index contributed by atoms with van der Waals surface area (Å²) >= 11 is 5.53. The van der Waals surface area contributed by atoms with Gasteiger partial charge >= 0.3 is 0 Å².